The van der Waals surface area contributed by atoms with E-state index in [0.29, 0.717) is 65.1 Å². The van der Waals surface area contributed by atoms with Crippen molar-refractivity contribution in [2.24, 2.45) is 62.2 Å². The summed E-state index contributed by atoms with van der Waals surface area (Å²) in [6, 6.07) is 4.16. The second kappa shape index (κ2) is 24.8. The van der Waals surface area contributed by atoms with Crippen molar-refractivity contribution in [1.29, 1.82) is 0 Å². The number of unbranched alkanes of at least 4 members (excludes halogenated alkanes) is 1. The van der Waals surface area contributed by atoms with Gasteiger partial charge in [-0.15, -0.1) is 0 Å². The van der Waals surface area contributed by atoms with Crippen molar-refractivity contribution < 1.29 is 19.5 Å². The maximum absolute atomic E-state index is 15.4. The first-order chi connectivity index (χ1) is 34.9. The molecule has 0 saturated carbocycles. The number of amides is 2. The Balaban J connectivity index is 1.45. The van der Waals surface area contributed by atoms with Gasteiger partial charge in [-0.2, -0.15) is 0 Å². The number of anilines is 3. The number of nitrogens with zero attached hydrogens (tertiary/aromatic N) is 2. The van der Waals surface area contributed by atoms with Gasteiger partial charge in [0, 0.05) is 54.5 Å². The molecule has 3 N–H and O–H groups in total. The molecule has 8 heteroatoms. The zero-order valence-corrected chi connectivity index (χ0v) is 50.7. The molecule has 2 amide bonds. The molecule has 3 aliphatic heterocycles. The number of hydrogen-bond donors (Lipinski definition) is 3. The van der Waals surface area contributed by atoms with E-state index >= 15 is 4.79 Å². The summed E-state index contributed by atoms with van der Waals surface area (Å²) in [6.07, 6.45) is 17.2. The number of ketones is 1. The number of fused-ring (bicyclic) bond motifs is 1. The second-order valence-corrected chi connectivity index (χ2v) is 29.7. The lowest BCUT2D eigenvalue weighted by molar-refractivity contribution is -0.118. The predicted molar refractivity (Wildman–Crippen MR) is 317 cm³/mol. The highest BCUT2D eigenvalue weighted by atomic mass is 16.3. The molecule has 0 bridgehead atoms. The van der Waals surface area contributed by atoms with Crippen molar-refractivity contribution in [2.75, 3.05) is 35.2 Å². The number of aliphatic hydroxyl groups is 1. The molecule has 0 fully saturated rings. The maximum atomic E-state index is 15.4. The number of nitrogens with one attached hydrogen (secondary N) is 2. The van der Waals surface area contributed by atoms with Crippen molar-refractivity contribution in [3.05, 3.63) is 56.3 Å². The highest BCUT2D eigenvalue weighted by Crippen LogP contribution is 2.48. The van der Waals surface area contributed by atoms with Crippen molar-refractivity contribution in [2.45, 2.75) is 240 Å². The first-order valence-corrected chi connectivity index (χ1v) is 30.2. The molecule has 0 aromatic heterocycles. The minimum atomic E-state index is -0.239. The zero-order chi connectivity index (χ0) is 55.4. The largest absolute Gasteiger partial charge is 0.506 e. The van der Waals surface area contributed by atoms with Crippen molar-refractivity contribution >= 4 is 45.8 Å². The Kier molecular flexibility index (Phi) is 19.9. The van der Waals surface area contributed by atoms with E-state index in [4.69, 9.17) is 4.99 Å². The average molecular weight is 1030 g/mol. The topological polar surface area (TPSA) is 111 Å². The summed E-state index contributed by atoms with van der Waals surface area (Å²) in [7, 11) is 0. The van der Waals surface area contributed by atoms with Crippen molar-refractivity contribution in [3.8, 4) is 0 Å². The van der Waals surface area contributed by atoms with Crippen LogP contribution in [0.2, 0.25) is 0 Å². The summed E-state index contributed by atoms with van der Waals surface area (Å²) >= 11 is 0. The molecule has 8 nitrogen and oxygen atoms in total. The van der Waals surface area contributed by atoms with Gasteiger partial charge in [0.2, 0.25) is 17.6 Å². The quantitative estimate of drug-likeness (QED) is 0.109. The normalized spacial score (nSPS) is 19.3. The molecular formula is C67H106N4O4. The van der Waals surface area contributed by atoms with Gasteiger partial charge in [0.15, 0.2) is 0 Å². The van der Waals surface area contributed by atoms with Crippen LogP contribution in [0.25, 0.3) is 11.1 Å². The van der Waals surface area contributed by atoms with Crippen molar-refractivity contribution in [1.82, 2.24) is 0 Å². The number of carbonyl (C=O) groups excluding carboxylic acids is 3. The molecule has 0 radical (unpaired) electrons. The standard InChI is InChI=1S/C67H106N4O4/c1-18-19-25-50-58-48(23-20-31-68-58)34-52(59(50)69-54(72)36-46(44(4)40-66(12,13)14)29-27-42(2)38-64(6,7)8)56-62(74)57(63(56)75)53-35-49-24-21-32-71-33-22-26-51(61(49)71)60(53)70-55(73)37-47(45(5)41-67(15,16)17)30-28-43(3)39-65(9,10)11/h34-35,42-47,74H,18-33,36-41H2,1-17H3,(H,69,72)(H,70,73)/b56-52+. The zero-order valence-electron chi connectivity index (χ0n) is 50.7. The number of carbonyl (C=O) groups is 3. The molecule has 2 aromatic rings. The molecule has 75 heavy (non-hydrogen) atoms. The van der Waals surface area contributed by atoms with Gasteiger partial charge in [0.25, 0.3) is 0 Å². The minimum Gasteiger partial charge on any atom is -0.506 e. The molecule has 0 saturated heterocycles. The Morgan fingerprint density at radius 2 is 1.16 bits per heavy atom. The fraction of sp³-hybridized carbons (Fsp3) is 0.731. The third-order valence-electron chi connectivity index (χ3n) is 17.0. The maximum Gasteiger partial charge on any atom is 0.224 e. The number of benzene rings is 2. The molecule has 3 heterocycles. The first-order valence-electron chi connectivity index (χ1n) is 30.2. The van der Waals surface area contributed by atoms with E-state index in [2.05, 4.69) is 145 Å². The van der Waals surface area contributed by atoms with Gasteiger partial charge in [0.05, 0.1) is 27.9 Å². The average Bonchev–Trinajstić information content (AvgIpc) is 3.28. The number of allylic oxidation sites excluding steroid dienone is 2. The highest BCUT2D eigenvalue weighted by molar-refractivity contribution is 6.52. The monoisotopic (exact) mass is 1030 g/mol. The third-order valence-corrected chi connectivity index (χ3v) is 17.0. The number of aryl methyl sites for hydroxylation is 2. The molecule has 2 aromatic carbocycles. The first kappa shape index (κ1) is 60.3. The van der Waals surface area contributed by atoms with E-state index in [9.17, 15) is 14.7 Å². The van der Waals surface area contributed by atoms with E-state index < -0.39 is 0 Å². The lowest BCUT2D eigenvalue weighted by Crippen LogP contribution is -2.37. The Morgan fingerprint density at radius 1 is 0.653 bits per heavy atom. The van der Waals surface area contributed by atoms with Gasteiger partial charge in [-0.25, -0.2) is 0 Å². The Bertz CT molecular complexity index is 2520. The van der Waals surface area contributed by atoms with E-state index in [1.54, 1.807) is 0 Å². The Morgan fingerprint density at radius 3 is 1.67 bits per heavy atom. The highest BCUT2D eigenvalue weighted by Gasteiger charge is 2.41. The van der Waals surface area contributed by atoms with Crippen LogP contribution in [0.1, 0.15) is 242 Å². The van der Waals surface area contributed by atoms with Gasteiger partial charge in [-0.05, 0) is 176 Å². The van der Waals surface area contributed by atoms with Gasteiger partial charge in [0.1, 0.15) is 5.76 Å². The van der Waals surface area contributed by atoms with Gasteiger partial charge < -0.3 is 20.6 Å². The summed E-state index contributed by atoms with van der Waals surface area (Å²) in [5.41, 5.74) is 8.77. The molecule has 0 spiro atoms. The van der Waals surface area contributed by atoms with E-state index in [1.807, 2.05) is 0 Å². The molecule has 6 unspecified atom stereocenters. The predicted octanol–water partition coefficient (Wildman–Crippen LogP) is 15.7. The summed E-state index contributed by atoms with van der Waals surface area (Å²) in [4.78, 5) is 52.6. The van der Waals surface area contributed by atoms with Gasteiger partial charge in [-0.1, -0.05) is 137 Å². The smallest absolute Gasteiger partial charge is 0.224 e. The summed E-state index contributed by atoms with van der Waals surface area (Å²) in [5, 5.41) is 21.2. The molecule has 6 atom stereocenters. The minimum absolute atomic E-state index is 0.0199. The third kappa shape index (κ3) is 16.3. The van der Waals surface area contributed by atoms with E-state index in [0.717, 1.165) is 144 Å². The van der Waals surface area contributed by atoms with Crippen molar-refractivity contribution in [3.63, 3.8) is 0 Å². The molecule has 4 aliphatic rings. The summed E-state index contributed by atoms with van der Waals surface area (Å²) in [6.45, 7) is 41.9. The number of Topliss-reactive ketones (excluding diaryl/α,β-unsaturated/α-hetero) is 1. The van der Waals surface area contributed by atoms with Crippen LogP contribution in [0.15, 0.2) is 22.9 Å². The number of rotatable bonds is 22. The van der Waals surface area contributed by atoms with Gasteiger partial charge >= 0.3 is 0 Å². The van der Waals surface area contributed by atoms with Crippen LogP contribution in [0.3, 0.4) is 0 Å². The summed E-state index contributed by atoms with van der Waals surface area (Å²) in [5.74, 6) is 1.85. The SMILES string of the molecule is CCCCc1c(NC(=O)CC(CCC(C)CC(C)(C)C)C(C)CC(C)(C)C)/c(=C2/C(=O)C(c3cc4c5c(c3NC(=O)CC(CCC(C)CC(C)(C)C)C(C)CC(C)(C)C)CCCN5CCC4)=C2O)cc2c1=NCCC2. The van der Waals surface area contributed by atoms with Crippen LogP contribution in [0.4, 0.5) is 17.1 Å². The van der Waals surface area contributed by atoms with Crippen LogP contribution in [-0.2, 0) is 40.1 Å². The lowest BCUT2D eigenvalue weighted by atomic mass is 9.75. The Labute approximate surface area is 456 Å². The van der Waals surface area contributed by atoms with Crippen LogP contribution in [-0.4, -0.2) is 42.3 Å². The fourth-order valence-electron chi connectivity index (χ4n) is 14.3. The van der Waals surface area contributed by atoms with Crippen LogP contribution in [0, 0.1) is 57.2 Å². The van der Waals surface area contributed by atoms with E-state index in [1.165, 1.54) is 11.3 Å². The molecule has 418 valence electrons. The van der Waals surface area contributed by atoms with E-state index in [-0.39, 0.29) is 68.0 Å². The molecule has 6 rings (SSSR count). The van der Waals surface area contributed by atoms with Crippen LogP contribution in [0.5, 0.6) is 0 Å². The Hall–Kier alpha value is -3.94. The molecule has 1 aliphatic carbocycles. The van der Waals surface area contributed by atoms with Crippen LogP contribution >= 0.6 is 0 Å². The molecular weight excluding hydrogens is 925 g/mol. The van der Waals surface area contributed by atoms with Crippen LogP contribution < -0.4 is 26.1 Å². The van der Waals surface area contributed by atoms with Gasteiger partial charge in [-0.3, -0.25) is 19.4 Å². The number of hydrogen-bond acceptors (Lipinski definition) is 6. The number of aliphatic hydroxyl groups excluding tert-OH is 1. The second-order valence-electron chi connectivity index (χ2n) is 29.7. The lowest BCUT2D eigenvalue weighted by Gasteiger charge is -2.39. The summed E-state index contributed by atoms with van der Waals surface area (Å²) < 4.78 is 0. The fourth-order valence-corrected chi connectivity index (χ4v) is 14.3.